The highest BCUT2D eigenvalue weighted by molar-refractivity contribution is 5.75. The molecule has 2 nitrogen and oxygen atoms in total. The molecule has 0 radical (unpaired) electrons. The van der Waals surface area contributed by atoms with Gasteiger partial charge in [0.15, 0.2) is 0 Å². The van der Waals surface area contributed by atoms with Gasteiger partial charge in [-0.3, -0.25) is 4.79 Å². The molecule has 0 aromatic rings. The first kappa shape index (κ1) is 16.1. The molecule has 0 heterocycles. The fraction of sp³-hybridized carbons (Fsp3) is 0.850. The first-order valence-electron chi connectivity index (χ1n) is 9.02. The van der Waals surface area contributed by atoms with Gasteiger partial charge in [-0.2, -0.15) is 0 Å². The summed E-state index contributed by atoms with van der Waals surface area (Å²) in [7, 11) is 0. The Morgan fingerprint density at radius 1 is 1.09 bits per heavy atom. The van der Waals surface area contributed by atoms with Gasteiger partial charge in [-0.15, -0.1) is 0 Å². The van der Waals surface area contributed by atoms with E-state index < -0.39 is 5.97 Å². The van der Waals surface area contributed by atoms with E-state index in [1.807, 2.05) is 6.92 Å². The predicted molar refractivity (Wildman–Crippen MR) is 89.6 cm³/mol. The maximum absolute atomic E-state index is 12.0. The molecule has 1 N–H and O–H groups in total. The van der Waals surface area contributed by atoms with Gasteiger partial charge in [0.05, 0.1) is 5.92 Å². The molecule has 0 bridgehead atoms. The van der Waals surface area contributed by atoms with Crippen molar-refractivity contribution >= 4 is 5.97 Å². The van der Waals surface area contributed by atoms with Gasteiger partial charge in [0.1, 0.15) is 0 Å². The van der Waals surface area contributed by atoms with Crippen LogP contribution in [0.25, 0.3) is 0 Å². The standard InChI is InChI=1S/C20H32O2/c1-13-7-8-15-19(4)11-6-10-18(2,3)14(19)9-12-20(15,5)16(13)17(21)22/h7,14-16H,6,8-12H2,1-5H3,(H,21,22)/t14-,15+,16-,19-,20+/m1/s1. The monoisotopic (exact) mass is 304 g/mol. The Morgan fingerprint density at radius 3 is 2.41 bits per heavy atom. The number of hydrogen-bond acceptors (Lipinski definition) is 1. The van der Waals surface area contributed by atoms with Crippen molar-refractivity contribution in [3.63, 3.8) is 0 Å². The lowest BCUT2D eigenvalue weighted by Crippen LogP contribution is -2.58. The van der Waals surface area contributed by atoms with E-state index in [2.05, 4.69) is 33.8 Å². The summed E-state index contributed by atoms with van der Waals surface area (Å²) in [4.78, 5) is 12.0. The second-order valence-electron chi connectivity index (χ2n) is 9.45. The second-order valence-corrected chi connectivity index (χ2v) is 9.45. The van der Waals surface area contributed by atoms with Crippen LogP contribution in [0.1, 0.15) is 73.1 Å². The molecule has 0 aromatic carbocycles. The number of fused-ring (bicyclic) bond motifs is 3. The summed E-state index contributed by atoms with van der Waals surface area (Å²) < 4.78 is 0. The highest BCUT2D eigenvalue weighted by Gasteiger charge is 2.61. The molecule has 0 unspecified atom stereocenters. The van der Waals surface area contributed by atoms with Crippen LogP contribution in [0.4, 0.5) is 0 Å². The van der Waals surface area contributed by atoms with E-state index in [0.717, 1.165) is 24.3 Å². The number of rotatable bonds is 1. The number of hydrogen-bond donors (Lipinski definition) is 1. The molecule has 5 atom stereocenters. The van der Waals surface area contributed by atoms with Crippen LogP contribution in [0.2, 0.25) is 0 Å². The molecule has 0 spiro atoms. The van der Waals surface area contributed by atoms with Gasteiger partial charge in [0.2, 0.25) is 0 Å². The number of allylic oxidation sites excluding steroid dienone is 1. The second kappa shape index (κ2) is 4.85. The van der Waals surface area contributed by atoms with Crippen LogP contribution in [0, 0.1) is 34.0 Å². The maximum Gasteiger partial charge on any atom is 0.311 e. The fourth-order valence-electron chi connectivity index (χ4n) is 6.99. The van der Waals surface area contributed by atoms with Crippen molar-refractivity contribution in [2.75, 3.05) is 0 Å². The summed E-state index contributed by atoms with van der Waals surface area (Å²) in [5.74, 6) is 0.364. The highest BCUT2D eigenvalue weighted by Crippen LogP contribution is 2.68. The first-order valence-corrected chi connectivity index (χ1v) is 9.02. The van der Waals surface area contributed by atoms with Crippen molar-refractivity contribution in [3.05, 3.63) is 11.6 Å². The van der Waals surface area contributed by atoms with E-state index in [1.54, 1.807) is 0 Å². The number of aliphatic carboxylic acids is 1. The zero-order valence-corrected chi connectivity index (χ0v) is 14.9. The fourth-order valence-corrected chi connectivity index (χ4v) is 6.99. The van der Waals surface area contributed by atoms with E-state index >= 15 is 0 Å². The Balaban J connectivity index is 2.06. The quantitative estimate of drug-likeness (QED) is 0.669. The average Bonchev–Trinajstić information content (AvgIpc) is 2.35. The molecular weight excluding hydrogens is 272 g/mol. The van der Waals surface area contributed by atoms with E-state index in [9.17, 15) is 9.90 Å². The summed E-state index contributed by atoms with van der Waals surface area (Å²) in [6, 6.07) is 0. The lowest BCUT2D eigenvalue weighted by atomic mass is 9.40. The van der Waals surface area contributed by atoms with Crippen molar-refractivity contribution < 1.29 is 9.90 Å². The molecule has 22 heavy (non-hydrogen) atoms. The SMILES string of the molecule is CC1=CC[C@H]2[C@]3(C)CCCC(C)(C)[C@H]3CC[C@]2(C)[C@H]1C(=O)O. The molecule has 3 rings (SSSR count). The molecule has 2 fully saturated rings. The van der Waals surface area contributed by atoms with Crippen molar-refractivity contribution in [3.8, 4) is 0 Å². The number of carboxylic acids is 1. The Hall–Kier alpha value is -0.790. The topological polar surface area (TPSA) is 37.3 Å². The molecular formula is C20H32O2. The van der Waals surface area contributed by atoms with Gasteiger partial charge in [0, 0.05) is 0 Å². The van der Waals surface area contributed by atoms with Crippen molar-refractivity contribution in [2.45, 2.75) is 73.1 Å². The minimum atomic E-state index is -0.613. The molecule has 0 aliphatic heterocycles. The van der Waals surface area contributed by atoms with E-state index in [0.29, 0.717) is 16.7 Å². The van der Waals surface area contributed by atoms with Crippen LogP contribution in [-0.4, -0.2) is 11.1 Å². The van der Waals surface area contributed by atoms with Crippen LogP contribution in [-0.2, 0) is 4.79 Å². The molecule has 2 heteroatoms. The van der Waals surface area contributed by atoms with Crippen LogP contribution in [0.3, 0.4) is 0 Å². The van der Waals surface area contributed by atoms with Crippen LogP contribution in [0.5, 0.6) is 0 Å². The van der Waals surface area contributed by atoms with Crippen LogP contribution in [0.15, 0.2) is 11.6 Å². The Bertz CT molecular complexity index is 518. The summed E-state index contributed by atoms with van der Waals surface area (Å²) in [6.45, 7) is 11.7. The van der Waals surface area contributed by atoms with Gasteiger partial charge in [0.25, 0.3) is 0 Å². The summed E-state index contributed by atoms with van der Waals surface area (Å²) in [6.07, 6.45) is 9.49. The maximum atomic E-state index is 12.0. The van der Waals surface area contributed by atoms with Gasteiger partial charge < -0.3 is 5.11 Å². The molecule has 2 saturated carbocycles. The van der Waals surface area contributed by atoms with Crippen molar-refractivity contribution in [2.24, 2.45) is 34.0 Å². The largest absolute Gasteiger partial charge is 0.481 e. The van der Waals surface area contributed by atoms with E-state index in [1.165, 1.54) is 25.7 Å². The van der Waals surface area contributed by atoms with E-state index in [-0.39, 0.29) is 11.3 Å². The van der Waals surface area contributed by atoms with Gasteiger partial charge in [-0.1, -0.05) is 45.8 Å². The smallest absolute Gasteiger partial charge is 0.311 e. The van der Waals surface area contributed by atoms with Crippen LogP contribution >= 0.6 is 0 Å². The molecule has 124 valence electrons. The normalized spacial score (nSPS) is 47.1. The summed E-state index contributed by atoms with van der Waals surface area (Å²) >= 11 is 0. The molecule has 3 aliphatic rings. The molecule has 0 saturated heterocycles. The Kier molecular flexibility index (Phi) is 3.55. The first-order chi connectivity index (χ1) is 10.1. The number of carbonyl (C=O) groups is 1. The summed E-state index contributed by atoms with van der Waals surface area (Å²) in [5, 5.41) is 9.85. The Labute approximate surface area is 135 Å². The zero-order valence-electron chi connectivity index (χ0n) is 14.9. The third kappa shape index (κ3) is 2.02. The van der Waals surface area contributed by atoms with Crippen molar-refractivity contribution in [1.82, 2.24) is 0 Å². The minimum absolute atomic E-state index is 0.0661. The third-order valence-electron chi connectivity index (χ3n) is 7.88. The van der Waals surface area contributed by atoms with Gasteiger partial charge >= 0.3 is 5.97 Å². The number of carboxylic acid groups (broad SMARTS) is 1. The van der Waals surface area contributed by atoms with Gasteiger partial charge in [-0.05, 0) is 67.1 Å². The highest BCUT2D eigenvalue weighted by atomic mass is 16.4. The lowest BCUT2D eigenvalue weighted by Gasteiger charge is -2.64. The van der Waals surface area contributed by atoms with Crippen molar-refractivity contribution in [1.29, 1.82) is 0 Å². The molecule has 0 amide bonds. The van der Waals surface area contributed by atoms with Gasteiger partial charge in [-0.25, -0.2) is 0 Å². The molecule has 3 aliphatic carbocycles. The minimum Gasteiger partial charge on any atom is -0.481 e. The van der Waals surface area contributed by atoms with E-state index in [4.69, 9.17) is 0 Å². The predicted octanol–water partition coefficient (Wildman–Crippen LogP) is 5.29. The zero-order chi connectivity index (χ0) is 16.3. The third-order valence-corrected chi connectivity index (χ3v) is 7.88. The lowest BCUT2D eigenvalue weighted by molar-refractivity contribution is -0.167. The molecule has 0 aromatic heterocycles. The van der Waals surface area contributed by atoms with Crippen LogP contribution < -0.4 is 0 Å². The Morgan fingerprint density at radius 2 is 1.77 bits per heavy atom. The summed E-state index contributed by atoms with van der Waals surface area (Å²) in [5.41, 5.74) is 1.73. The average molecular weight is 304 g/mol.